The van der Waals surface area contributed by atoms with Crippen LogP contribution in [0.25, 0.3) is 0 Å². The molecule has 18 heteroatoms. The predicted octanol–water partition coefficient (Wildman–Crippen LogP) is -1.69. The molecule has 2 aromatic carbocycles. The fourth-order valence-corrected chi connectivity index (χ4v) is 2.71. The van der Waals surface area contributed by atoms with E-state index < -0.39 is 64.6 Å². The molecule has 0 saturated carbocycles. The molecule has 0 spiro atoms. The van der Waals surface area contributed by atoms with Crippen molar-refractivity contribution in [3.8, 4) is 11.5 Å². The van der Waals surface area contributed by atoms with Crippen LogP contribution in [0.1, 0.15) is 20.7 Å². The van der Waals surface area contributed by atoms with Gasteiger partial charge in [-0.05, 0) is 36.4 Å². The highest BCUT2D eigenvalue weighted by Crippen LogP contribution is 2.21. The Labute approximate surface area is 180 Å². The second-order valence-corrected chi connectivity index (χ2v) is 7.76. The molecule has 0 radical (unpaired) electrons. The second kappa shape index (κ2) is 13.1. The lowest BCUT2D eigenvalue weighted by Crippen LogP contribution is -2.02. The zero-order chi connectivity index (χ0) is 25.9. The molecule has 180 valence electrons. The van der Waals surface area contributed by atoms with Crippen molar-refractivity contribution < 1.29 is 56.0 Å². The quantitative estimate of drug-likeness (QED) is 0.127. The normalized spacial score (nSPS) is 10.2. The van der Waals surface area contributed by atoms with Crippen LogP contribution in [0, 0.1) is 0 Å². The van der Waals surface area contributed by atoms with E-state index in [-0.39, 0.29) is 0 Å². The number of aromatic carboxylic acids is 2. The topological polar surface area (TPSA) is 328 Å². The van der Waals surface area contributed by atoms with E-state index >= 15 is 0 Å². The van der Waals surface area contributed by atoms with Crippen LogP contribution < -0.4 is 23.4 Å². The van der Waals surface area contributed by atoms with Crippen LogP contribution in [0.2, 0.25) is 0 Å². The number of nitrogens with two attached hydrogens (primary N) is 4. The molecule has 0 unspecified atom stereocenters. The van der Waals surface area contributed by atoms with Gasteiger partial charge in [0.25, 0.3) is 20.2 Å². The SMILES string of the molecule is NN.NN.O=C(O)c1cc(S(=O)(=O)O)ccc1O.O=C(O)c1cc(S(=O)(=O)O)ccc1O. The molecule has 0 aliphatic heterocycles. The first-order chi connectivity index (χ1) is 14.6. The number of hydrazine groups is 2. The van der Waals surface area contributed by atoms with Gasteiger partial charge in [-0.15, -0.1) is 0 Å². The van der Waals surface area contributed by atoms with Crippen LogP contribution >= 0.6 is 0 Å². The molecule has 14 N–H and O–H groups in total. The minimum atomic E-state index is -4.45. The van der Waals surface area contributed by atoms with E-state index in [9.17, 15) is 26.4 Å². The van der Waals surface area contributed by atoms with E-state index in [0.717, 1.165) is 24.3 Å². The molecule has 0 amide bonds. The van der Waals surface area contributed by atoms with Crippen molar-refractivity contribution in [2.24, 2.45) is 23.4 Å². The third kappa shape index (κ3) is 9.63. The summed E-state index contributed by atoms with van der Waals surface area (Å²) in [6.07, 6.45) is 0. The van der Waals surface area contributed by atoms with Crippen LogP contribution in [0.15, 0.2) is 46.2 Å². The van der Waals surface area contributed by atoms with Crippen LogP contribution in [0.4, 0.5) is 0 Å². The largest absolute Gasteiger partial charge is 0.507 e. The van der Waals surface area contributed by atoms with Gasteiger partial charge in [-0.1, -0.05) is 0 Å². The van der Waals surface area contributed by atoms with Crippen LogP contribution in [0.5, 0.6) is 11.5 Å². The second-order valence-electron chi connectivity index (χ2n) is 4.92. The summed E-state index contributed by atoms with van der Waals surface area (Å²) in [5.41, 5.74) is -1.17. The Kier molecular flexibility index (Phi) is 12.7. The van der Waals surface area contributed by atoms with Crippen molar-refractivity contribution in [3.05, 3.63) is 47.5 Å². The zero-order valence-electron chi connectivity index (χ0n) is 15.7. The Balaban J connectivity index is 0. The van der Waals surface area contributed by atoms with E-state index in [1.807, 2.05) is 0 Å². The summed E-state index contributed by atoms with van der Waals surface area (Å²) in [5, 5.41) is 35.1. The summed E-state index contributed by atoms with van der Waals surface area (Å²) in [5.74, 6) is 11.9. The Hall–Kier alpha value is -3.36. The average Bonchev–Trinajstić information content (AvgIpc) is 2.70. The summed E-state index contributed by atoms with van der Waals surface area (Å²) >= 11 is 0. The van der Waals surface area contributed by atoms with Crippen molar-refractivity contribution in [1.29, 1.82) is 0 Å². The molecule has 0 saturated heterocycles. The number of hydrogen-bond donors (Lipinski definition) is 10. The molecule has 2 rings (SSSR count). The van der Waals surface area contributed by atoms with Crippen molar-refractivity contribution in [3.63, 3.8) is 0 Å². The molecule has 0 bridgehead atoms. The van der Waals surface area contributed by atoms with Crippen molar-refractivity contribution in [1.82, 2.24) is 0 Å². The summed E-state index contributed by atoms with van der Waals surface area (Å²) < 4.78 is 59.6. The van der Waals surface area contributed by atoms with Crippen LogP contribution in [-0.4, -0.2) is 58.3 Å². The molecule has 0 aliphatic carbocycles. The van der Waals surface area contributed by atoms with E-state index in [4.69, 9.17) is 29.5 Å². The molecular formula is C14H20N4O12S2. The van der Waals surface area contributed by atoms with Gasteiger partial charge >= 0.3 is 11.9 Å². The molecule has 0 aromatic heterocycles. The van der Waals surface area contributed by atoms with Gasteiger partial charge in [0.05, 0.1) is 9.79 Å². The smallest absolute Gasteiger partial charge is 0.339 e. The summed E-state index contributed by atoms with van der Waals surface area (Å²) in [4.78, 5) is 19.8. The fraction of sp³-hybridized carbons (Fsp3) is 0. The minimum absolute atomic E-state index is 0.565. The Morgan fingerprint density at radius 2 is 0.875 bits per heavy atom. The number of benzene rings is 2. The predicted molar refractivity (Wildman–Crippen MR) is 107 cm³/mol. The number of carboxylic acids is 2. The summed E-state index contributed by atoms with van der Waals surface area (Å²) in [6.45, 7) is 0. The van der Waals surface area contributed by atoms with Gasteiger partial charge in [0, 0.05) is 0 Å². The molecule has 0 atom stereocenters. The lowest BCUT2D eigenvalue weighted by molar-refractivity contribution is 0.0682. The van der Waals surface area contributed by atoms with Gasteiger partial charge < -0.3 is 20.4 Å². The van der Waals surface area contributed by atoms with E-state index in [2.05, 4.69) is 23.4 Å². The van der Waals surface area contributed by atoms with Crippen molar-refractivity contribution in [2.75, 3.05) is 0 Å². The van der Waals surface area contributed by atoms with E-state index in [1.165, 1.54) is 0 Å². The van der Waals surface area contributed by atoms with Crippen LogP contribution in [-0.2, 0) is 20.2 Å². The van der Waals surface area contributed by atoms with Crippen LogP contribution in [0.3, 0.4) is 0 Å². The van der Waals surface area contributed by atoms with E-state index in [1.54, 1.807) is 0 Å². The van der Waals surface area contributed by atoms with Gasteiger partial charge in [-0.3, -0.25) is 32.5 Å². The van der Waals surface area contributed by atoms with Gasteiger partial charge in [-0.2, -0.15) is 16.8 Å². The lowest BCUT2D eigenvalue weighted by atomic mass is 10.2. The van der Waals surface area contributed by atoms with E-state index in [0.29, 0.717) is 12.1 Å². The van der Waals surface area contributed by atoms with Gasteiger partial charge in [0.2, 0.25) is 0 Å². The number of phenols is 2. The first-order valence-electron chi connectivity index (χ1n) is 7.39. The van der Waals surface area contributed by atoms with Gasteiger partial charge in [0.15, 0.2) is 0 Å². The molecule has 0 heterocycles. The number of carboxylic acid groups (broad SMARTS) is 2. The maximum Gasteiger partial charge on any atom is 0.339 e. The third-order valence-corrected chi connectivity index (χ3v) is 4.69. The molecule has 0 aliphatic rings. The molecule has 2 aromatic rings. The maximum absolute atomic E-state index is 10.6. The number of hydrogen-bond acceptors (Lipinski definition) is 12. The van der Waals surface area contributed by atoms with Crippen molar-refractivity contribution in [2.45, 2.75) is 9.79 Å². The minimum Gasteiger partial charge on any atom is -0.507 e. The average molecular weight is 500 g/mol. The summed E-state index contributed by atoms with van der Waals surface area (Å²) in [7, 11) is -8.90. The number of carbonyl (C=O) groups is 2. The monoisotopic (exact) mass is 500 g/mol. The molecule has 16 nitrogen and oxygen atoms in total. The Morgan fingerprint density at radius 1 is 0.625 bits per heavy atom. The molecule has 0 fully saturated rings. The summed E-state index contributed by atoms with van der Waals surface area (Å²) in [6, 6.07) is 4.91. The highest BCUT2D eigenvalue weighted by atomic mass is 32.2. The zero-order valence-corrected chi connectivity index (χ0v) is 17.4. The Morgan fingerprint density at radius 3 is 1.06 bits per heavy atom. The number of aromatic hydroxyl groups is 2. The fourth-order valence-electron chi connectivity index (χ4n) is 1.69. The third-order valence-electron chi connectivity index (χ3n) is 2.99. The maximum atomic E-state index is 10.6. The van der Waals surface area contributed by atoms with Gasteiger partial charge in [0.1, 0.15) is 22.6 Å². The van der Waals surface area contributed by atoms with Crippen molar-refractivity contribution >= 4 is 32.2 Å². The number of rotatable bonds is 4. The first kappa shape index (κ1) is 30.8. The highest BCUT2D eigenvalue weighted by molar-refractivity contribution is 7.86. The standard InChI is InChI=1S/2C7H6O6S.2H4N2/c2*8-6-2-1-4(14(11,12)13)3-5(6)7(9)10;2*1-2/h2*1-3,8H,(H,9,10)(H,11,12,13);2*1-2H2. The Bertz CT molecular complexity index is 1060. The molecule has 32 heavy (non-hydrogen) atoms. The lowest BCUT2D eigenvalue weighted by Gasteiger charge is -2.01. The first-order valence-corrected chi connectivity index (χ1v) is 10.3. The molecular weight excluding hydrogens is 480 g/mol. The highest BCUT2D eigenvalue weighted by Gasteiger charge is 2.17. The van der Waals surface area contributed by atoms with Gasteiger partial charge in [-0.25, -0.2) is 9.59 Å².